The maximum atomic E-state index is 11.6. The molecular formula is C15H19NOS. The van der Waals surface area contributed by atoms with Gasteiger partial charge in [0.2, 0.25) is 0 Å². The zero-order valence-electron chi connectivity index (χ0n) is 11.6. The van der Waals surface area contributed by atoms with Gasteiger partial charge in [0.05, 0.1) is 5.52 Å². The molecule has 1 unspecified atom stereocenters. The lowest BCUT2D eigenvalue weighted by Crippen LogP contribution is -2.12. The Kier molecular flexibility index (Phi) is 3.28. The molecule has 0 saturated heterocycles. The molecule has 0 radical (unpaired) electrons. The fourth-order valence-electron chi connectivity index (χ4n) is 2.25. The Morgan fingerprint density at radius 2 is 1.89 bits per heavy atom. The molecule has 1 aromatic heterocycles. The van der Waals surface area contributed by atoms with E-state index in [9.17, 15) is 4.21 Å². The van der Waals surface area contributed by atoms with Crippen molar-refractivity contribution in [2.45, 2.75) is 38.0 Å². The SMILES string of the molecule is Cc1cc(S(C)=O)cc2nccc(C(C)(C)C)c12. The monoisotopic (exact) mass is 261 g/mol. The molecule has 0 amide bonds. The highest BCUT2D eigenvalue weighted by Crippen LogP contribution is 2.32. The summed E-state index contributed by atoms with van der Waals surface area (Å²) in [4.78, 5) is 5.27. The predicted octanol–water partition coefficient (Wildman–Crippen LogP) is 3.58. The average Bonchev–Trinajstić information content (AvgIpc) is 2.26. The van der Waals surface area contributed by atoms with Crippen molar-refractivity contribution in [3.63, 3.8) is 0 Å². The lowest BCUT2D eigenvalue weighted by atomic mass is 9.84. The lowest BCUT2D eigenvalue weighted by molar-refractivity contribution is 0.595. The second-order valence-corrected chi connectivity index (χ2v) is 7.08. The number of pyridine rings is 1. The molecule has 18 heavy (non-hydrogen) atoms. The molecule has 0 saturated carbocycles. The van der Waals surface area contributed by atoms with Crippen molar-refractivity contribution in [2.24, 2.45) is 0 Å². The van der Waals surface area contributed by atoms with Gasteiger partial charge in [-0.25, -0.2) is 0 Å². The molecule has 0 N–H and O–H groups in total. The van der Waals surface area contributed by atoms with E-state index in [1.54, 1.807) is 6.26 Å². The van der Waals surface area contributed by atoms with Gasteiger partial charge in [-0.2, -0.15) is 0 Å². The van der Waals surface area contributed by atoms with E-state index in [-0.39, 0.29) is 5.41 Å². The molecule has 2 aromatic rings. The molecule has 0 spiro atoms. The van der Waals surface area contributed by atoms with Crippen LogP contribution in [0.4, 0.5) is 0 Å². The molecule has 0 aliphatic heterocycles. The van der Waals surface area contributed by atoms with Crippen molar-refractivity contribution in [3.8, 4) is 0 Å². The highest BCUT2D eigenvalue weighted by atomic mass is 32.2. The Balaban J connectivity index is 2.83. The van der Waals surface area contributed by atoms with E-state index >= 15 is 0 Å². The number of fused-ring (bicyclic) bond motifs is 1. The van der Waals surface area contributed by atoms with Gasteiger partial charge in [-0.3, -0.25) is 9.19 Å². The summed E-state index contributed by atoms with van der Waals surface area (Å²) in [6.07, 6.45) is 3.54. The van der Waals surface area contributed by atoms with E-state index in [4.69, 9.17) is 0 Å². The van der Waals surface area contributed by atoms with Crippen LogP contribution in [0.3, 0.4) is 0 Å². The number of nitrogens with zero attached hydrogens (tertiary/aromatic N) is 1. The minimum absolute atomic E-state index is 0.0822. The fourth-order valence-corrected chi connectivity index (χ4v) is 2.88. The van der Waals surface area contributed by atoms with Crippen LogP contribution in [-0.2, 0) is 16.2 Å². The van der Waals surface area contributed by atoms with Crippen LogP contribution in [0.5, 0.6) is 0 Å². The van der Waals surface area contributed by atoms with Crippen LogP contribution >= 0.6 is 0 Å². The summed E-state index contributed by atoms with van der Waals surface area (Å²) in [6.45, 7) is 8.67. The topological polar surface area (TPSA) is 30.0 Å². The van der Waals surface area contributed by atoms with E-state index in [1.165, 1.54) is 10.9 Å². The molecule has 1 atom stereocenters. The van der Waals surface area contributed by atoms with Gasteiger partial charge in [0.1, 0.15) is 0 Å². The maximum Gasteiger partial charge on any atom is 0.0719 e. The zero-order valence-corrected chi connectivity index (χ0v) is 12.4. The molecule has 0 fully saturated rings. The number of hydrogen-bond acceptors (Lipinski definition) is 2. The number of aryl methyl sites for hydroxylation is 1. The number of aromatic nitrogens is 1. The molecule has 96 valence electrons. The molecule has 1 heterocycles. The normalized spacial score (nSPS) is 13.8. The van der Waals surface area contributed by atoms with E-state index < -0.39 is 10.8 Å². The summed E-state index contributed by atoms with van der Waals surface area (Å²) in [5, 5.41) is 1.19. The smallest absolute Gasteiger partial charge is 0.0719 e. The first-order valence-corrected chi connectivity index (χ1v) is 7.60. The van der Waals surface area contributed by atoms with Crippen LogP contribution in [-0.4, -0.2) is 15.4 Å². The number of rotatable bonds is 1. The molecule has 3 heteroatoms. The van der Waals surface area contributed by atoms with Crippen molar-refractivity contribution in [2.75, 3.05) is 6.26 Å². The van der Waals surface area contributed by atoms with Crippen LogP contribution in [0, 0.1) is 6.92 Å². The van der Waals surface area contributed by atoms with Crippen LogP contribution in [0.25, 0.3) is 10.9 Å². The minimum atomic E-state index is -0.963. The van der Waals surface area contributed by atoms with E-state index in [1.807, 2.05) is 18.3 Å². The summed E-state index contributed by atoms with van der Waals surface area (Å²) < 4.78 is 11.6. The quantitative estimate of drug-likeness (QED) is 0.785. The van der Waals surface area contributed by atoms with Gasteiger partial charge in [-0.1, -0.05) is 20.8 Å². The standard InChI is InChI=1S/C15H19NOS/c1-10-8-11(18(5)17)9-13-14(10)12(6-7-16-13)15(2,3)4/h6-9H,1-5H3. The summed E-state index contributed by atoms with van der Waals surface area (Å²) in [6, 6.07) is 6.03. The third-order valence-electron chi connectivity index (χ3n) is 3.15. The van der Waals surface area contributed by atoms with Crippen molar-refractivity contribution in [1.29, 1.82) is 0 Å². The summed E-state index contributed by atoms with van der Waals surface area (Å²) in [7, 11) is -0.963. The second kappa shape index (κ2) is 4.47. The largest absolute Gasteiger partial charge is 0.256 e. The van der Waals surface area contributed by atoms with Crippen LogP contribution in [0.2, 0.25) is 0 Å². The molecule has 2 rings (SSSR count). The van der Waals surface area contributed by atoms with Gasteiger partial charge < -0.3 is 0 Å². The summed E-state index contributed by atoms with van der Waals surface area (Å²) in [5.74, 6) is 0. The zero-order chi connectivity index (χ0) is 13.5. The molecule has 0 bridgehead atoms. The first kappa shape index (κ1) is 13.2. The van der Waals surface area contributed by atoms with Gasteiger partial charge in [-0.05, 0) is 41.7 Å². The van der Waals surface area contributed by atoms with Gasteiger partial charge in [-0.15, -0.1) is 0 Å². The van der Waals surface area contributed by atoms with Crippen LogP contribution < -0.4 is 0 Å². The van der Waals surface area contributed by atoms with E-state index in [0.717, 1.165) is 16.0 Å². The molecular weight excluding hydrogens is 242 g/mol. The molecule has 0 aliphatic carbocycles. The highest BCUT2D eigenvalue weighted by Gasteiger charge is 2.18. The molecule has 1 aromatic carbocycles. The summed E-state index contributed by atoms with van der Waals surface area (Å²) >= 11 is 0. The van der Waals surface area contributed by atoms with E-state index in [2.05, 4.69) is 38.7 Å². The lowest BCUT2D eigenvalue weighted by Gasteiger charge is -2.22. The predicted molar refractivity (Wildman–Crippen MR) is 77.5 cm³/mol. The Morgan fingerprint density at radius 1 is 1.22 bits per heavy atom. The number of hydrogen-bond donors (Lipinski definition) is 0. The maximum absolute atomic E-state index is 11.6. The van der Waals surface area contributed by atoms with Gasteiger partial charge in [0, 0.05) is 33.5 Å². The van der Waals surface area contributed by atoms with Crippen LogP contribution in [0.15, 0.2) is 29.3 Å². The fraction of sp³-hybridized carbons (Fsp3) is 0.400. The Labute approximate surface area is 111 Å². The first-order valence-electron chi connectivity index (χ1n) is 6.04. The van der Waals surface area contributed by atoms with Gasteiger partial charge in [0.25, 0.3) is 0 Å². The van der Waals surface area contributed by atoms with Crippen molar-refractivity contribution < 1.29 is 4.21 Å². The Hall–Kier alpha value is -1.22. The second-order valence-electron chi connectivity index (χ2n) is 5.70. The first-order chi connectivity index (χ1) is 8.30. The Bertz CT molecular complexity index is 626. The average molecular weight is 261 g/mol. The third kappa shape index (κ3) is 2.32. The highest BCUT2D eigenvalue weighted by molar-refractivity contribution is 7.84. The van der Waals surface area contributed by atoms with Crippen molar-refractivity contribution in [3.05, 3.63) is 35.5 Å². The molecule has 2 nitrogen and oxygen atoms in total. The minimum Gasteiger partial charge on any atom is -0.256 e. The number of benzene rings is 1. The third-order valence-corrected chi connectivity index (χ3v) is 4.05. The van der Waals surface area contributed by atoms with Gasteiger partial charge in [0.15, 0.2) is 0 Å². The van der Waals surface area contributed by atoms with Crippen molar-refractivity contribution >= 4 is 21.7 Å². The van der Waals surface area contributed by atoms with Crippen molar-refractivity contribution in [1.82, 2.24) is 4.98 Å². The van der Waals surface area contributed by atoms with Gasteiger partial charge >= 0.3 is 0 Å². The van der Waals surface area contributed by atoms with E-state index in [0.29, 0.717) is 0 Å². The Morgan fingerprint density at radius 3 is 2.44 bits per heavy atom. The van der Waals surface area contributed by atoms with Crippen LogP contribution in [0.1, 0.15) is 31.9 Å². The molecule has 0 aliphatic rings. The summed E-state index contributed by atoms with van der Waals surface area (Å²) in [5.41, 5.74) is 3.46.